The summed E-state index contributed by atoms with van der Waals surface area (Å²) in [5, 5.41) is 3.40. The normalized spacial score (nSPS) is 24.4. The predicted octanol–water partition coefficient (Wildman–Crippen LogP) is 1.40. The summed E-state index contributed by atoms with van der Waals surface area (Å²) in [4.78, 5) is 0.0955. The van der Waals surface area contributed by atoms with Crippen molar-refractivity contribution in [3.05, 3.63) is 18.2 Å². The second-order valence-electron chi connectivity index (χ2n) is 5.94. The molecule has 0 radical (unpaired) electrons. The van der Waals surface area contributed by atoms with Crippen molar-refractivity contribution in [3.63, 3.8) is 0 Å². The van der Waals surface area contributed by atoms with Gasteiger partial charge in [-0.05, 0) is 31.7 Å². The maximum Gasteiger partial charge on any atom is 0.242 e. The van der Waals surface area contributed by atoms with Gasteiger partial charge in [0.25, 0.3) is 0 Å². The monoisotopic (exact) mass is 313 g/mol. The van der Waals surface area contributed by atoms with Gasteiger partial charge in [0.2, 0.25) is 10.0 Å². The zero-order valence-corrected chi connectivity index (χ0v) is 13.6. The van der Waals surface area contributed by atoms with E-state index in [2.05, 4.69) is 23.9 Å². The summed E-state index contributed by atoms with van der Waals surface area (Å²) in [5.74, 6) is 0. The van der Waals surface area contributed by atoms with Crippen LogP contribution in [-0.2, 0) is 14.8 Å². The van der Waals surface area contributed by atoms with E-state index in [9.17, 15) is 8.42 Å². The van der Waals surface area contributed by atoms with Gasteiger partial charge in [-0.3, -0.25) is 0 Å². The average molecular weight is 313 g/mol. The van der Waals surface area contributed by atoms with Crippen LogP contribution in [0.5, 0.6) is 0 Å². The molecule has 7 heteroatoms. The van der Waals surface area contributed by atoms with Gasteiger partial charge in [-0.1, -0.05) is 13.8 Å². The molecule has 1 aromatic carbocycles. The topological polar surface area (TPSA) is 93.5 Å². The molecule has 21 heavy (non-hydrogen) atoms. The minimum absolute atomic E-state index is 0.0270. The molecular weight excluding hydrogens is 290 g/mol. The van der Waals surface area contributed by atoms with E-state index in [-0.39, 0.29) is 28.1 Å². The molecule has 1 fully saturated rings. The fourth-order valence-electron chi connectivity index (χ4n) is 2.72. The molecule has 6 nitrogen and oxygen atoms in total. The number of sulfonamides is 1. The Balaban J connectivity index is 2.16. The van der Waals surface area contributed by atoms with Crippen molar-refractivity contribution < 1.29 is 13.2 Å². The van der Waals surface area contributed by atoms with E-state index in [0.29, 0.717) is 0 Å². The molecule has 0 saturated heterocycles. The molecule has 1 aliphatic carbocycles. The molecule has 0 heterocycles. The number of nitrogens with two attached hydrogens (primary N) is 1. The van der Waals surface area contributed by atoms with Gasteiger partial charge in [0.05, 0.1) is 11.8 Å². The van der Waals surface area contributed by atoms with Crippen LogP contribution in [0.15, 0.2) is 23.1 Å². The third-order valence-electron chi connectivity index (χ3n) is 4.37. The van der Waals surface area contributed by atoms with E-state index in [1.54, 1.807) is 19.2 Å². The van der Waals surface area contributed by atoms with Crippen LogP contribution in [0, 0.1) is 5.41 Å². The van der Waals surface area contributed by atoms with Crippen LogP contribution in [0.2, 0.25) is 0 Å². The van der Waals surface area contributed by atoms with Gasteiger partial charge in [0.1, 0.15) is 4.90 Å². The summed E-state index contributed by atoms with van der Waals surface area (Å²) in [6.45, 7) is 4.29. The van der Waals surface area contributed by atoms with Crippen molar-refractivity contribution in [2.24, 2.45) is 5.41 Å². The molecule has 0 aliphatic heterocycles. The average Bonchev–Trinajstić information content (AvgIpc) is 2.42. The van der Waals surface area contributed by atoms with E-state index < -0.39 is 10.0 Å². The summed E-state index contributed by atoms with van der Waals surface area (Å²) >= 11 is 0. The zero-order valence-electron chi connectivity index (χ0n) is 12.8. The van der Waals surface area contributed by atoms with Crippen molar-refractivity contribution in [2.45, 2.75) is 37.3 Å². The lowest BCUT2D eigenvalue weighted by molar-refractivity contribution is -0.0794. The largest absolute Gasteiger partial charge is 0.398 e. The van der Waals surface area contributed by atoms with Gasteiger partial charge in [-0.15, -0.1) is 0 Å². The SMILES string of the molecule is CNS(=O)(=O)c1ccc(NC2CC(OC)C2(C)C)cc1N. The first-order chi connectivity index (χ1) is 9.72. The van der Waals surface area contributed by atoms with Crippen molar-refractivity contribution in [1.29, 1.82) is 0 Å². The Morgan fingerprint density at radius 3 is 2.52 bits per heavy atom. The number of nitrogens with one attached hydrogen (secondary N) is 2. The summed E-state index contributed by atoms with van der Waals surface area (Å²) in [6.07, 6.45) is 1.15. The second kappa shape index (κ2) is 5.47. The van der Waals surface area contributed by atoms with Crippen LogP contribution in [0.1, 0.15) is 20.3 Å². The number of benzene rings is 1. The molecule has 2 rings (SSSR count). The number of rotatable bonds is 5. The lowest BCUT2D eigenvalue weighted by Crippen LogP contribution is -2.57. The Morgan fingerprint density at radius 1 is 1.38 bits per heavy atom. The molecule has 2 unspecified atom stereocenters. The van der Waals surface area contributed by atoms with Crippen LogP contribution < -0.4 is 15.8 Å². The smallest absolute Gasteiger partial charge is 0.242 e. The maximum absolute atomic E-state index is 11.8. The molecule has 1 aromatic rings. The predicted molar refractivity (Wildman–Crippen MR) is 83.7 cm³/mol. The number of hydrogen-bond acceptors (Lipinski definition) is 5. The quantitative estimate of drug-likeness (QED) is 0.715. The van der Waals surface area contributed by atoms with E-state index in [1.165, 1.54) is 13.1 Å². The summed E-state index contributed by atoms with van der Waals surface area (Å²) < 4.78 is 31.2. The fourth-order valence-corrected chi connectivity index (χ4v) is 3.56. The number of ether oxygens (including phenoxy) is 1. The highest BCUT2D eigenvalue weighted by Gasteiger charge is 2.48. The minimum Gasteiger partial charge on any atom is -0.398 e. The Hall–Kier alpha value is -1.31. The van der Waals surface area contributed by atoms with Crippen LogP contribution in [0.4, 0.5) is 11.4 Å². The fraction of sp³-hybridized carbons (Fsp3) is 0.571. The van der Waals surface area contributed by atoms with E-state index in [0.717, 1.165) is 12.1 Å². The third-order valence-corrected chi connectivity index (χ3v) is 5.86. The van der Waals surface area contributed by atoms with E-state index in [1.807, 2.05) is 0 Å². The molecule has 0 aromatic heterocycles. The maximum atomic E-state index is 11.8. The molecule has 0 amide bonds. The highest BCUT2D eigenvalue weighted by molar-refractivity contribution is 7.89. The van der Waals surface area contributed by atoms with Gasteiger partial charge in [-0.25, -0.2) is 13.1 Å². The second-order valence-corrected chi connectivity index (χ2v) is 7.79. The van der Waals surface area contributed by atoms with Gasteiger partial charge in [-0.2, -0.15) is 0 Å². The Bertz CT molecular complexity index is 628. The first-order valence-electron chi connectivity index (χ1n) is 6.84. The number of anilines is 2. The molecule has 1 saturated carbocycles. The van der Waals surface area contributed by atoms with E-state index >= 15 is 0 Å². The standard InChI is InChI=1S/C14H23N3O3S/c1-14(2)12(8-13(14)20-4)17-9-5-6-11(10(15)7-9)21(18,19)16-3/h5-7,12-13,16-17H,8,15H2,1-4H3. The molecular formula is C14H23N3O3S. The molecule has 0 spiro atoms. The summed E-state index contributed by atoms with van der Waals surface area (Å²) in [6, 6.07) is 5.17. The highest BCUT2D eigenvalue weighted by atomic mass is 32.2. The van der Waals surface area contributed by atoms with Crippen LogP contribution in [0.3, 0.4) is 0 Å². The first kappa shape index (κ1) is 16.1. The highest BCUT2D eigenvalue weighted by Crippen LogP contribution is 2.44. The third kappa shape index (κ3) is 2.86. The number of methoxy groups -OCH3 is 1. The molecule has 4 N–H and O–H groups in total. The molecule has 1 aliphatic rings. The molecule has 118 valence electrons. The first-order valence-corrected chi connectivity index (χ1v) is 8.33. The van der Waals surface area contributed by atoms with Crippen molar-refractivity contribution in [2.75, 3.05) is 25.2 Å². The summed E-state index contributed by atoms with van der Waals surface area (Å²) in [7, 11) is -0.440. The summed E-state index contributed by atoms with van der Waals surface area (Å²) in [5.41, 5.74) is 6.93. The van der Waals surface area contributed by atoms with Gasteiger partial charge in [0.15, 0.2) is 0 Å². The lowest BCUT2D eigenvalue weighted by Gasteiger charge is -2.51. The van der Waals surface area contributed by atoms with Crippen molar-refractivity contribution in [1.82, 2.24) is 4.72 Å². The van der Waals surface area contributed by atoms with Crippen LogP contribution in [0.25, 0.3) is 0 Å². The van der Waals surface area contributed by atoms with Gasteiger partial charge < -0.3 is 15.8 Å². The van der Waals surface area contributed by atoms with Crippen molar-refractivity contribution >= 4 is 21.4 Å². The van der Waals surface area contributed by atoms with Crippen LogP contribution >= 0.6 is 0 Å². The number of hydrogen-bond donors (Lipinski definition) is 3. The van der Waals surface area contributed by atoms with Gasteiger partial charge in [0, 0.05) is 24.3 Å². The van der Waals surface area contributed by atoms with Gasteiger partial charge >= 0.3 is 0 Å². The number of nitrogen functional groups attached to an aromatic ring is 1. The molecule has 0 bridgehead atoms. The Kier molecular flexibility index (Phi) is 4.19. The molecule has 2 atom stereocenters. The Morgan fingerprint density at radius 2 is 2.05 bits per heavy atom. The van der Waals surface area contributed by atoms with Crippen LogP contribution in [-0.4, -0.2) is 34.7 Å². The Labute approximate surface area is 126 Å². The van der Waals surface area contributed by atoms with Crippen molar-refractivity contribution in [3.8, 4) is 0 Å². The minimum atomic E-state index is -3.52. The zero-order chi connectivity index (χ0) is 15.8. The lowest BCUT2D eigenvalue weighted by atomic mass is 9.64. The van der Waals surface area contributed by atoms with E-state index in [4.69, 9.17) is 10.5 Å².